The highest BCUT2D eigenvalue weighted by molar-refractivity contribution is 6.74. The van der Waals surface area contributed by atoms with Crippen LogP contribution in [-0.4, -0.2) is 49.6 Å². The van der Waals surface area contributed by atoms with Crippen LogP contribution in [-0.2, 0) is 22.2 Å². The zero-order valence-corrected chi connectivity index (χ0v) is 28.6. The number of hydrogen-bond donors (Lipinski definition) is 2. The monoisotopic (exact) mass is 713 g/mol. The van der Waals surface area contributed by atoms with E-state index in [1.54, 1.807) is 43.4 Å². The number of alkyl halides is 6. The number of nitrogens with zero attached hydrogens (tertiary/aromatic N) is 1. The molecule has 1 atom stereocenters. The number of benzene rings is 2. The number of anilines is 1. The Morgan fingerprint density at radius 3 is 2.20 bits per heavy atom. The van der Waals surface area contributed by atoms with Crippen LogP contribution in [0.25, 0.3) is 0 Å². The lowest BCUT2D eigenvalue weighted by Crippen LogP contribution is -2.48. The fourth-order valence-electron chi connectivity index (χ4n) is 4.64. The third-order valence-corrected chi connectivity index (χ3v) is 13.4. The van der Waals surface area contributed by atoms with Gasteiger partial charge in [0.25, 0.3) is 5.91 Å². The second-order valence-electron chi connectivity index (χ2n) is 13.6. The molecule has 7 nitrogen and oxygen atoms in total. The van der Waals surface area contributed by atoms with E-state index < -0.39 is 74.0 Å². The van der Waals surface area contributed by atoms with Crippen molar-refractivity contribution in [2.45, 2.75) is 88.6 Å². The van der Waals surface area contributed by atoms with Crippen molar-refractivity contribution in [1.29, 1.82) is 0 Å². The summed E-state index contributed by atoms with van der Waals surface area (Å²) in [6.45, 7) is 8.36. The van der Waals surface area contributed by atoms with Crippen molar-refractivity contribution < 1.29 is 49.5 Å². The first-order chi connectivity index (χ1) is 22.6. The molecule has 0 aliphatic heterocycles. The van der Waals surface area contributed by atoms with Crippen molar-refractivity contribution in [1.82, 2.24) is 10.3 Å². The molecule has 2 N–H and O–H groups in total. The molecule has 4 rings (SSSR count). The number of hydrogen-bond acceptors (Lipinski definition) is 5. The molecule has 1 fully saturated rings. The van der Waals surface area contributed by atoms with Crippen LogP contribution in [0, 0.1) is 5.82 Å². The third kappa shape index (κ3) is 9.38. The molecule has 0 radical (unpaired) electrons. The Labute approximate surface area is 280 Å². The highest BCUT2D eigenvalue weighted by Crippen LogP contribution is 2.49. The fraction of sp³-hybridized carbons (Fsp3) is 0.441. The molecule has 1 aromatic heterocycles. The molecule has 0 saturated heterocycles. The maximum absolute atomic E-state index is 15.5. The van der Waals surface area contributed by atoms with Crippen molar-refractivity contribution in [3.05, 3.63) is 89.0 Å². The lowest BCUT2D eigenvalue weighted by atomic mass is 9.95. The van der Waals surface area contributed by atoms with Crippen LogP contribution < -0.4 is 15.4 Å². The number of nitrogens with one attached hydrogen (secondary N) is 2. The van der Waals surface area contributed by atoms with Crippen molar-refractivity contribution in [2.75, 3.05) is 11.9 Å². The van der Waals surface area contributed by atoms with Gasteiger partial charge in [0.05, 0.1) is 6.42 Å². The maximum Gasteiger partial charge on any atom is 0.411 e. The molecule has 49 heavy (non-hydrogen) atoms. The van der Waals surface area contributed by atoms with Crippen molar-refractivity contribution >= 4 is 25.8 Å². The number of ether oxygens (including phenoxy) is 1. The molecular weight excluding hydrogens is 675 g/mol. The minimum atomic E-state index is -4.83. The van der Waals surface area contributed by atoms with Crippen molar-refractivity contribution in [2.24, 2.45) is 0 Å². The molecule has 1 saturated carbocycles. The Hall–Kier alpha value is -3.98. The van der Waals surface area contributed by atoms with Gasteiger partial charge in [0.2, 0.25) is 5.91 Å². The molecule has 1 heterocycles. The summed E-state index contributed by atoms with van der Waals surface area (Å²) in [7, 11) is -2.65. The number of halogens is 7. The summed E-state index contributed by atoms with van der Waals surface area (Å²) >= 11 is 0. The minimum Gasteiger partial charge on any atom is -0.489 e. The summed E-state index contributed by atoms with van der Waals surface area (Å²) in [5.74, 6) is -5.52. The first-order valence-corrected chi connectivity index (χ1v) is 18.4. The van der Waals surface area contributed by atoms with E-state index in [0.29, 0.717) is 11.6 Å². The Morgan fingerprint density at radius 1 is 0.980 bits per heavy atom. The van der Waals surface area contributed by atoms with Crippen LogP contribution in [0.15, 0.2) is 60.8 Å². The SMILES string of the molecule is CC(C)(C)[Si](C)(C)OCC(c1cc(F)c(CC(=O)Nc2ccnc(C(=O)NC3(C(F)(F)F)CC3)c2)cc1OCc1ccccc1)C(F)(F)F. The molecular formula is C34H38F7N3O4Si. The zero-order chi connectivity index (χ0) is 36.4. The van der Waals surface area contributed by atoms with Crippen LogP contribution in [0.3, 0.4) is 0 Å². The fourth-order valence-corrected chi connectivity index (χ4v) is 5.66. The highest BCUT2D eigenvalue weighted by Gasteiger charge is 2.64. The van der Waals surface area contributed by atoms with Crippen LogP contribution in [0.5, 0.6) is 5.75 Å². The van der Waals surface area contributed by atoms with Gasteiger partial charge in [-0.1, -0.05) is 51.1 Å². The Kier molecular flexibility index (Phi) is 10.9. The van der Waals surface area contributed by atoms with E-state index in [1.165, 1.54) is 6.07 Å². The van der Waals surface area contributed by atoms with Gasteiger partial charge in [0.15, 0.2) is 8.32 Å². The molecule has 0 spiro atoms. The number of carbonyl (C=O) groups is 2. The lowest BCUT2D eigenvalue weighted by Gasteiger charge is -2.37. The average molecular weight is 714 g/mol. The Morgan fingerprint density at radius 2 is 1.63 bits per heavy atom. The number of pyridine rings is 1. The topological polar surface area (TPSA) is 89.5 Å². The standard InChI is InChI=1S/C34H38F7N3O4Si/c1-31(2,3)49(4,5)48-20-25(33(36,37)38)24-18-26(35)22(15-28(24)47-19-21-9-7-6-8-10-21)16-29(45)43-23-11-14-42-27(17-23)30(46)44-32(12-13-32)34(39,40)41/h6-11,14-15,17-18,25H,12-13,16,19-20H2,1-5H3,(H,44,46)(H,42,43,45). The van der Waals surface area contributed by atoms with E-state index in [2.05, 4.69) is 10.3 Å². The van der Waals surface area contributed by atoms with Gasteiger partial charge in [0, 0.05) is 29.6 Å². The summed E-state index contributed by atoms with van der Waals surface area (Å²) in [6.07, 6.45) is -9.56. The predicted molar refractivity (Wildman–Crippen MR) is 171 cm³/mol. The van der Waals surface area contributed by atoms with Crippen LogP contribution in [0.2, 0.25) is 18.1 Å². The Bertz CT molecular complexity index is 1650. The van der Waals surface area contributed by atoms with Crippen molar-refractivity contribution in [3.63, 3.8) is 0 Å². The predicted octanol–water partition coefficient (Wildman–Crippen LogP) is 8.47. The van der Waals surface area contributed by atoms with Crippen LogP contribution in [0.4, 0.5) is 36.4 Å². The summed E-state index contributed by atoms with van der Waals surface area (Å²) < 4.78 is 111. The highest BCUT2D eigenvalue weighted by atomic mass is 28.4. The average Bonchev–Trinajstić information content (AvgIpc) is 3.78. The van der Waals surface area contributed by atoms with Gasteiger partial charge in [-0.2, -0.15) is 26.3 Å². The third-order valence-electron chi connectivity index (χ3n) is 8.88. The van der Waals surface area contributed by atoms with Gasteiger partial charge >= 0.3 is 12.4 Å². The van der Waals surface area contributed by atoms with E-state index >= 15 is 4.39 Å². The van der Waals surface area contributed by atoms with E-state index in [0.717, 1.165) is 18.3 Å². The van der Waals surface area contributed by atoms with Gasteiger partial charge < -0.3 is 19.8 Å². The van der Waals surface area contributed by atoms with Gasteiger partial charge in [0.1, 0.15) is 35.3 Å². The summed E-state index contributed by atoms with van der Waals surface area (Å²) in [4.78, 5) is 29.2. The number of carbonyl (C=O) groups excluding carboxylic acids is 2. The largest absolute Gasteiger partial charge is 0.489 e. The molecule has 1 unspecified atom stereocenters. The summed E-state index contributed by atoms with van der Waals surface area (Å²) in [5.41, 5.74) is -2.85. The van der Waals surface area contributed by atoms with Crippen molar-refractivity contribution in [3.8, 4) is 5.75 Å². The number of amides is 2. The number of rotatable bonds is 12. The quantitative estimate of drug-likeness (QED) is 0.145. The van der Waals surface area contributed by atoms with E-state index in [-0.39, 0.29) is 41.5 Å². The molecule has 2 aromatic carbocycles. The van der Waals surface area contributed by atoms with Crippen LogP contribution in [0.1, 0.15) is 66.7 Å². The first-order valence-electron chi connectivity index (χ1n) is 15.5. The lowest BCUT2D eigenvalue weighted by molar-refractivity contribution is -0.163. The van der Waals surface area contributed by atoms with Gasteiger partial charge in [-0.15, -0.1) is 0 Å². The van der Waals surface area contributed by atoms with E-state index in [4.69, 9.17) is 9.16 Å². The zero-order valence-electron chi connectivity index (χ0n) is 27.6. The molecule has 1 aliphatic carbocycles. The smallest absolute Gasteiger partial charge is 0.411 e. The normalized spacial score (nSPS) is 15.3. The minimum absolute atomic E-state index is 0.0144. The second kappa shape index (κ2) is 14.1. The molecule has 0 bridgehead atoms. The van der Waals surface area contributed by atoms with Gasteiger partial charge in [-0.05, 0) is 60.8 Å². The van der Waals surface area contributed by atoms with Crippen LogP contribution >= 0.6 is 0 Å². The molecule has 266 valence electrons. The maximum atomic E-state index is 15.5. The van der Waals surface area contributed by atoms with Gasteiger partial charge in [-0.3, -0.25) is 14.6 Å². The summed E-state index contributed by atoms with van der Waals surface area (Å²) in [5, 5.41) is 3.98. The van der Waals surface area contributed by atoms with E-state index in [9.17, 15) is 35.9 Å². The molecule has 15 heteroatoms. The second-order valence-corrected chi connectivity index (χ2v) is 18.4. The molecule has 3 aromatic rings. The molecule has 1 aliphatic rings. The summed E-state index contributed by atoms with van der Waals surface area (Å²) in [6, 6.07) is 12.7. The number of aromatic nitrogens is 1. The molecule has 2 amide bonds. The first kappa shape index (κ1) is 37.8. The van der Waals surface area contributed by atoms with E-state index in [1.807, 2.05) is 26.1 Å². The Balaban J connectivity index is 1.58. The van der Waals surface area contributed by atoms with Gasteiger partial charge in [-0.25, -0.2) is 4.39 Å².